The molecule has 21 heavy (non-hydrogen) atoms. The summed E-state index contributed by atoms with van der Waals surface area (Å²) in [4.78, 5) is 20.2. The molecule has 3 rings (SSSR count). The van der Waals surface area contributed by atoms with Crippen molar-refractivity contribution in [3.05, 3.63) is 28.0 Å². The number of hydrogen-bond donors (Lipinski definition) is 1. The third kappa shape index (κ3) is 3.14. The fourth-order valence-corrected chi connectivity index (χ4v) is 3.61. The molecule has 0 atom stereocenters. The summed E-state index contributed by atoms with van der Waals surface area (Å²) >= 11 is 1.57. The predicted octanol–water partition coefficient (Wildman–Crippen LogP) is 1.58. The van der Waals surface area contributed by atoms with Crippen LogP contribution in [0.2, 0.25) is 0 Å². The molecule has 3 heterocycles. The molecule has 0 aromatic carbocycles. The third-order valence-electron chi connectivity index (χ3n) is 3.57. The average molecular weight is 305 g/mol. The lowest BCUT2D eigenvalue weighted by Crippen LogP contribution is -2.25. The number of likely N-dealkylation sites (N-methyl/N-ethyl adjacent to an activating group) is 1. The molecule has 0 radical (unpaired) electrons. The van der Waals surface area contributed by atoms with Gasteiger partial charge in [-0.3, -0.25) is 9.48 Å². The highest BCUT2D eigenvalue weighted by atomic mass is 32.1. The number of nitrogens with one attached hydrogen (secondary N) is 1. The van der Waals surface area contributed by atoms with Crippen LogP contribution in [0.4, 0.5) is 5.13 Å². The van der Waals surface area contributed by atoms with Gasteiger partial charge in [-0.15, -0.1) is 11.3 Å². The first kappa shape index (κ1) is 14.2. The van der Waals surface area contributed by atoms with Gasteiger partial charge in [-0.25, -0.2) is 4.98 Å². The van der Waals surface area contributed by atoms with Crippen molar-refractivity contribution < 1.29 is 4.79 Å². The summed E-state index contributed by atoms with van der Waals surface area (Å²) < 4.78 is 1.71. The summed E-state index contributed by atoms with van der Waals surface area (Å²) in [6.45, 7) is 6.04. The molecule has 2 aromatic rings. The Labute approximate surface area is 127 Å². The quantitative estimate of drug-likeness (QED) is 0.935. The van der Waals surface area contributed by atoms with Crippen LogP contribution in [0.1, 0.15) is 22.0 Å². The van der Waals surface area contributed by atoms with Gasteiger partial charge in [-0.1, -0.05) is 0 Å². The lowest BCUT2D eigenvalue weighted by molar-refractivity contribution is -0.116. The molecule has 2 aromatic heterocycles. The van der Waals surface area contributed by atoms with E-state index in [0.29, 0.717) is 5.13 Å². The van der Waals surface area contributed by atoms with Gasteiger partial charge in [0.25, 0.3) is 0 Å². The van der Waals surface area contributed by atoms with E-state index in [4.69, 9.17) is 0 Å². The minimum Gasteiger partial charge on any atom is -0.301 e. The molecule has 0 unspecified atom stereocenters. The second kappa shape index (κ2) is 5.57. The molecule has 0 aliphatic carbocycles. The largest absolute Gasteiger partial charge is 0.301 e. The van der Waals surface area contributed by atoms with Crippen molar-refractivity contribution in [3.63, 3.8) is 0 Å². The van der Waals surface area contributed by atoms with Gasteiger partial charge in [0, 0.05) is 30.1 Å². The van der Waals surface area contributed by atoms with Crippen LogP contribution in [0.15, 0.2) is 6.07 Å². The van der Waals surface area contributed by atoms with E-state index in [1.54, 1.807) is 16.0 Å². The maximum Gasteiger partial charge on any atom is 0.247 e. The number of nitrogens with zero attached hydrogens (tertiary/aromatic N) is 4. The molecular formula is C14H19N5OS. The molecule has 6 nitrogen and oxygen atoms in total. The summed E-state index contributed by atoms with van der Waals surface area (Å²) in [5.41, 5.74) is 3.04. The van der Waals surface area contributed by atoms with E-state index in [0.717, 1.165) is 36.6 Å². The van der Waals surface area contributed by atoms with Gasteiger partial charge in [0.2, 0.25) is 5.91 Å². The summed E-state index contributed by atoms with van der Waals surface area (Å²) in [5, 5.41) is 7.88. The van der Waals surface area contributed by atoms with Gasteiger partial charge in [-0.05, 0) is 27.0 Å². The molecule has 1 N–H and O–H groups in total. The van der Waals surface area contributed by atoms with E-state index in [9.17, 15) is 4.79 Å². The maximum atomic E-state index is 12.1. The smallest absolute Gasteiger partial charge is 0.247 e. The number of anilines is 1. The second-order valence-electron chi connectivity index (χ2n) is 5.51. The number of aromatic nitrogens is 3. The normalized spacial score (nSPS) is 15.0. The van der Waals surface area contributed by atoms with Crippen LogP contribution in [-0.2, 0) is 24.3 Å². The predicted molar refractivity (Wildman–Crippen MR) is 82.5 cm³/mol. The average Bonchev–Trinajstić information content (AvgIpc) is 2.91. The van der Waals surface area contributed by atoms with E-state index in [-0.39, 0.29) is 12.5 Å². The van der Waals surface area contributed by atoms with E-state index >= 15 is 0 Å². The zero-order valence-corrected chi connectivity index (χ0v) is 13.3. The first-order valence-corrected chi connectivity index (χ1v) is 7.81. The zero-order valence-electron chi connectivity index (χ0n) is 12.5. The Bertz CT molecular complexity index is 675. The summed E-state index contributed by atoms with van der Waals surface area (Å²) in [6.07, 6.45) is 0.954. The Hall–Kier alpha value is -1.73. The highest BCUT2D eigenvalue weighted by Crippen LogP contribution is 2.27. The van der Waals surface area contributed by atoms with Crippen LogP contribution in [0.25, 0.3) is 0 Å². The lowest BCUT2D eigenvalue weighted by Gasteiger charge is -2.20. The van der Waals surface area contributed by atoms with Crippen molar-refractivity contribution in [2.75, 3.05) is 18.9 Å². The monoisotopic (exact) mass is 305 g/mol. The minimum absolute atomic E-state index is 0.0827. The first-order chi connectivity index (χ1) is 10.0. The van der Waals surface area contributed by atoms with E-state index in [1.807, 2.05) is 19.9 Å². The second-order valence-corrected chi connectivity index (χ2v) is 6.59. The van der Waals surface area contributed by atoms with Gasteiger partial charge in [0.1, 0.15) is 6.54 Å². The fourth-order valence-electron chi connectivity index (χ4n) is 2.51. The number of thiazole rings is 1. The molecule has 7 heteroatoms. The molecule has 1 aliphatic rings. The number of amides is 1. The topological polar surface area (TPSA) is 63.1 Å². The molecular weight excluding hydrogens is 286 g/mol. The zero-order chi connectivity index (χ0) is 15.0. The Morgan fingerprint density at radius 1 is 1.48 bits per heavy atom. The number of carbonyl (C=O) groups is 1. The molecule has 0 saturated heterocycles. The molecule has 1 aliphatic heterocycles. The Morgan fingerprint density at radius 2 is 2.29 bits per heavy atom. The van der Waals surface area contributed by atoms with Crippen LogP contribution >= 0.6 is 11.3 Å². The lowest BCUT2D eigenvalue weighted by atomic mass is 10.2. The Balaban J connectivity index is 1.66. The summed E-state index contributed by atoms with van der Waals surface area (Å²) in [7, 11) is 2.10. The first-order valence-electron chi connectivity index (χ1n) is 6.99. The van der Waals surface area contributed by atoms with E-state index < -0.39 is 0 Å². The maximum absolute atomic E-state index is 12.1. The number of hydrogen-bond acceptors (Lipinski definition) is 5. The van der Waals surface area contributed by atoms with Gasteiger partial charge in [0.05, 0.1) is 11.4 Å². The standard InChI is InChI=1S/C14H19N5OS/c1-9-6-10(2)19(17-9)8-13(20)16-14-15-11-4-5-18(3)7-12(11)21-14/h6H,4-5,7-8H2,1-3H3,(H,15,16,20). The molecule has 0 bridgehead atoms. The van der Waals surface area contributed by atoms with Gasteiger partial charge in [-0.2, -0.15) is 5.10 Å². The van der Waals surface area contributed by atoms with E-state index in [1.165, 1.54) is 4.88 Å². The van der Waals surface area contributed by atoms with Crippen molar-refractivity contribution in [1.29, 1.82) is 0 Å². The third-order valence-corrected chi connectivity index (χ3v) is 4.56. The molecule has 0 spiro atoms. The number of fused-ring (bicyclic) bond motifs is 1. The molecule has 112 valence electrons. The summed E-state index contributed by atoms with van der Waals surface area (Å²) in [6, 6.07) is 1.96. The van der Waals surface area contributed by atoms with Gasteiger partial charge < -0.3 is 10.2 Å². The Morgan fingerprint density at radius 3 is 3.00 bits per heavy atom. The SMILES string of the molecule is Cc1cc(C)n(CC(=O)Nc2nc3c(s2)CN(C)CC3)n1. The fraction of sp³-hybridized carbons (Fsp3) is 0.500. The van der Waals surface area contributed by atoms with Crippen LogP contribution in [0, 0.1) is 13.8 Å². The number of aryl methyl sites for hydroxylation is 2. The molecule has 0 fully saturated rings. The van der Waals surface area contributed by atoms with Crippen LogP contribution < -0.4 is 5.32 Å². The van der Waals surface area contributed by atoms with Crippen LogP contribution in [0.5, 0.6) is 0 Å². The van der Waals surface area contributed by atoms with Crippen molar-refractivity contribution >= 4 is 22.4 Å². The van der Waals surface area contributed by atoms with Crippen molar-refractivity contribution in [2.45, 2.75) is 33.4 Å². The van der Waals surface area contributed by atoms with Crippen molar-refractivity contribution in [3.8, 4) is 0 Å². The van der Waals surface area contributed by atoms with Crippen molar-refractivity contribution in [2.24, 2.45) is 0 Å². The highest BCUT2D eigenvalue weighted by Gasteiger charge is 2.19. The minimum atomic E-state index is -0.0827. The van der Waals surface area contributed by atoms with Gasteiger partial charge in [0.15, 0.2) is 5.13 Å². The van der Waals surface area contributed by atoms with Gasteiger partial charge >= 0.3 is 0 Å². The van der Waals surface area contributed by atoms with Crippen LogP contribution in [-0.4, -0.2) is 39.2 Å². The van der Waals surface area contributed by atoms with Crippen molar-refractivity contribution in [1.82, 2.24) is 19.7 Å². The molecule has 1 amide bonds. The number of rotatable bonds is 3. The molecule has 0 saturated carbocycles. The number of carbonyl (C=O) groups excluding carboxylic acids is 1. The summed E-state index contributed by atoms with van der Waals surface area (Å²) in [5.74, 6) is -0.0827. The highest BCUT2D eigenvalue weighted by molar-refractivity contribution is 7.15. The van der Waals surface area contributed by atoms with Crippen LogP contribution in [0.3, 0.4) is 0 Å². The van der Waals surface area contributed by atoms with E-state index in [2.05, 4.69) is 27.3 Å². The Kier molecular flexibility index (Phi) is 3.77.